The van der Waals surface area contributed by atoms with Crippen molar-refractivity contribution in [2.24, 2.45) is 0 Å². The van der Waals surface area contributed by atoms with E-state index in [0.717, 1.165) is 36.5 Å². The molecule has 3 nitrogen and oxygen atoms in total. The molecular formula is C14H18N2OS. The molecule has 0 spiro atoms. The van der Waals surface area contributed by atoms with E-state index in [1.807, 2.05) is 24.3 Å². The third-order valence-electron chi connectivity index (χ3n) is 2.75. The van der Waals surface area contributed by atoms with E-state index in [-0.39, 0.29) is 0 Å². The molecule has 0 aliphatic heterocycles. The molecule has 1 heterocycles. The molecule has 2 rings (SSSR count). The molecule has 0 radical (unpaired) electrons. The van der Waals surface area contributed by atoms with Gasteiger partial charge in [-0.05, 0) is 25.1 Å². The van der Waals surface area contributed by atoms with Crippen molar-refractivity contribution in [3.8, 4) is 0 Å². The number of fused-ring (bicyclic) bond motifs is 1. The minimum atomic E-state index is -0.688. The topological polar surface area (TPSA) is 42.0 Å². The molecule has 4 heteroatoms. The number of nitrogens with one attached hydrogen (secondary N) is 1. The first-order chi connectivity index (χ1) is 8.75. The number of benzene rings is 1. The molecule has 1 aromatic heterocycles. The minimum absolute atomic E-state index is 0.688. The van der Waals surface area contributed by atoms with Crippen LogP contribution >= 0.6 is 0 Å². The molecule has 96 valence electrons. The van der Waals surface area contributed by atoms with Crippen molar-refractivity contribution in [1.82, 2.24) is 10.3 Å². The second-order valence-corrected chi connectivity index (χ2v) is 5.86. The Labute approximate surface area is 110 Å². The normalized spacial score (nSPS) is 12.7. The van der Waals surface area contributed by atoms with Crippen molar-refractivity contribution in [3.63, 3.8) is 0 Å². The van der Waals surface area contributed by atoms with Gasteiger partial charge in [-0.25, -0.2) is 0 Å². The molecule has 2 aromatic rings. The second kappa shape index (κ2) is 6.61. The molecule has 1 aromatic carbocycles. The van der Waals surface area contributed by atoms with E-state index in [4.69, 9.17) is 0 Å². The van der Waals surface area contributed by atoms with Crippen LogP contribution in [0.4, 0.5) is 0 Å². The molecule has 0 saturated carbocycles. The van der Waals surface area contributed by atoms with Crippen LogP contribution in [0.2, 0.25) is 0 Å². The van der Waals surface area contributed by atoms with Crippen LogP contribution in [0.1, 0.15) is 12.1 Å². The lowest BCUT2D eigenvalue weighted by Crippen LogP contribution is -2.17. The first-order valence-corrected chi connectivity index (χ1v) is 7.84. The Morgan fingerprint density at radius 3 is 2.89 bits per heavy atom. The van der Waals surface area contributed by atoms with Gasteiger partial charge in [-0.1, -0.05) is 24.3 Å². The van der Waals surface area contributed by atoms with E-state index in [0.29, 0.717) is 0 Å². The van der Waals surface area contributed by atoms with Gasteiger partial charge in [0.1, 0.15) is 0 Å². The highest BCUT2D eigenvalue weighted by molar-refractivity contribution is 7.84. The van der Waals surface area contributed by atoms with Crippen molar-refractivity contribution < 1.29 is 4.21 Å². The second-order valence-electron chi connectivity index (χ2n) is 4.30. The molecule has 18 heavy (non-hydrogen) atoms. The Morgan fingerprint density at radius 2 is 2.06 bits per heavy atom. The molecular weight excluding hydrogens is 244 g/mol. The summed E-state index contributed by atoms with van der Waals surface area (Å²) < 4.78 is 10.9. The average Bonchev–Trinajstić information content (AvgIpc) is 2.38. The fraction of sp³-hybridized carbons (Fsp3) is 0.357. The predicted octanol–water partition coefficient (Wildman–Crippen LogP) is 2.09. The van der Waals surface area contributed by atoms with E-state index >= 15 is 0 Å². The van der Waals surface area contributed by atoms with Crippen molar-refractivity contribution in [3.05, 3.63) is 42.1 Å². The van der Waals surface area contributed by atoms with Crippen molar-refractivity contribution >= 4 is 21.7 Å². The van der Waals surface area contributed by atoms with Gasteiger partial charge in [0, 0.05) is 34.7 Å². The zero-order chi connectivity index (χ0) is 12.8. The Morgan fingerprint density at radius 1 is 1.22 bits per heavy atom. The Balaban J connectivity index is 1.86. The maximum absolute atomic E-state index is 10.9. The molecule has 0 saturated heterocycles. The standard InChI is InChI=1S/C14H18N2OS/c1-18(17)10-4-9-15-11-13-8-7-12-5-2-3-6-14(12)16-13/h2-3,5-8,15H,4,9-11H2,1H3. The largest absolute Gasteiger partial charge is 0.311 e. The molecule has 0 aliphatic rings. The predicted molar refractivity (Wildman–Crippen MR) is 77.0 cm³/mol. The van der Waals surface area contributed by atoms with E-state index in [1.54, 1.807) is 6.26 Å². The van der Waals surface area contributed by atoms with Crippen LogP contribution in [-0.4, -0.2) is 27.7 Å². The average molecular weight is 262 g/mol. The molecule has 0 amide bonds. The Hall–Kier alpha value is -1.26. The summed E-state index contributed by atoms with van der Waals surface area (Å²) in [7, 11) is -0.688. The third kappa shape index (κ3) is 3.89. The number of pyridine rings is 1. The number of aromatic nitrogens is 1. The van der Waals surface area contributed by atoms with Gasteiger partial charge < -0.3 is 5.32 Å². The molecule has 1 unspecified atom stereocenters. The van der Waals surface area contributed by atoms with Gasteiger partial charge in [0.15, 0.2) is 0 Å². The van der Waals surface area contributed by atoms with Crippen LogP contribution in [0, 0.1) is 0 Å². The molecule has 0 aliphatic carbocycles. The lowest BCUT2D eigenvalue weighted by atomic mass is 10.2. The van der Waals surface area contributed by atoms with Crippen LogP contribution in [0.3, 0.4) is 0 Å². The molecule has 0 bridgehead atoms. The van der Waals surface area contributed by atoms with Gasteiger partial charge in [0.25, 0.3) is 0 Å². The van der Waals surface area contributed by atoms with Gasteiger partial charge in [-0.3, -0.25) is 9.19 Å². The van der Waals surface area contributed by atoms with Crippen LogP contribution in [0.25, 0.3) is 10.9 Å². The number of nitrogens with zero attached hydrogens (tertiary/aromatic N) is 1. The SMILES string of the molecule is CS(=O)CCCNCc1ccc2ccccc2n1. The summed E-state index contributed by atoms with van der Waals surface area (Å²) in [5, 5.41) is 4.49. The van der Waals surface area contributed by atoms with Crippen LogP contribution in [-0.2, 0) is 17.3 Å². The number of rotatable bonds is 6. The number of para-hydroxylation sites is 1. The van der Waals surface area contributed by atoms with Crippen molar-refractivity contribution in [2.45, 2.75) is 13.0 Å². The van der Waals surface area contributed by atoms with Gasteiger partial charge in [0.05, 0.1) is 11.2 Å². The highest BCUT2D eigenvalue weighted by Gasteiger charge is 1.98. The summed E-state index contributed by atoms with van der Waals surface area (Å²) >= 11 is 0. The van der Waals surface area contributed by atoms with Gasteiger partial charge in [-0.15, -0.1) is 0 Å². The first kappa shape index (κ1) is 13.2. The molecule has 0 fully saturated rings. The quantitative estimate of drug-likeness (QED) is 0.811. The summed E-state index contributed by atoms with van der Waals surface area (Å²) in [6, 6.07) is 12.3. The minimum Gasteiger partial charge on any atom is -0.311 e. The highest BCUT2D eigenvalue weighted by atomic mass is 32.2. The maximum Gasteiger partial charge on any atom is 0.0705 e. The number of hydrogen-bond acceptors (Lipinski definition) is 3. The molecule has 1 N–H and O–H groups in total. The number of hydrogen-bond donors (Lipinski definition) is 1. The van der Waals surface area contributed by atoms with E-state index in [9.17, 15) is 4.21 Å². The monoisotopic (exact) mass is 262 g/mol. The molecule has 1 atom stereocenters. The lowest BCUT2D eigenvalue weighted by Gasteiger charge is -2.05. The zero-order valence-electron chi connectivity index (χ0n) is 10.6. The van der Waals surface area contributed by atoms with Gasteiger partial charge in [0.2, 0.25) is 0 Å². The summed E-state index contributed by atoms with van der Waals surface area (Å²) in [4.78, 5) is 4.59. The van der Waals surface area contributed by atoms with E-state index in [2.05, 4.69) is 22.4 Å². The highest BCUT2D eigenvalue weighted by Crippen LogP contribution is 2.11. The van der Waals surface area contributed by atoms with Crippen LogP contribution in [0.15, 0.2) is 36.4 Å². The third-order valence-corrected chi connectivity index (χ3v) is 3.61. The van der Waals surface area contributed by atoms with Gasteiger partial charge >= 0.3 is 0 Å². The smallest absolute Gasteiger partial charge is 0.0705 e. The zero-order valence-corrected chi connectivity index (χ0v) is 11.4. The fourth-order valence-corrected chi connectivity index (χ4v) is 2.37. The van der Waals surface area contributed by atoms with Crippen LogP contribution in [0.5, 0.6) is 0 Å². The summed E-state index contributed by atoms with van der Waals surface area (Å²) in [6.45, 7) is 1.65. The van der Waals surface area contributed by atoms with E-state index < -0.39 is 10.8 Å². The maximum atomic E-state index is 10.9. The Kier molecular flexibility index (Phi) is 4.84. The summed E-state index contributed by atoms with van der Waals surface area (Å²) in [5.74, 6) is 0.762. The summed E-state index contributed by atoms with van der Waals surface area (Å²) in [6.07, 6.45) is 2.68. The fourth-order valence-electron chi connectivity index (χ4n) is 1.82. The van der Waals surface area contributed by atoms with Crippen molar-refractivity contribution in [2.75, 3.05) is 18.6 Å². The van der Waals surface area contributed by atoms with E-state index in [1.165, 1.54) is 5.39 Å². The van der Waals surface area contributed by atoms with Crippen LogP contribution < -0.4 is 5.32 Å². The lowest BCUT2D eigenvalue weighted by molar-refractivity contribution is 0.656. The summed E-state index contributed by atoms with van der Waals surface area (Å²) in [5.41, 5.74) is 2.08. The Bertz CT molecular complexity index is 542. The van der Waals surface area contributed by atoms with Crippen molar-refractivity contribution in [1.29, 1.82) is 0 Å². The van der Waals surface area contributed by atoms with Gasteiger partial charge in [-0.2, -0.15) is 0 Å². The first-order valence-electron chi connectivity index (χ1n) is 6.11.